The fourth-order valence-corrected chi connectivity index (χ4v) is 3.35. The van der Waals surface area contributed by atoms with Crippen LogP contribution in [0.4, 0.5) is 0 Å². The van der Waals surface area contributed by atoms with Crippen LogP contribution in [0.2, 0.25) is 0 Å². The first kappa shape index (κ1) is 16.2. The average Bonchev–Trinajstić information content (AvgIpc) is 3.24. The highest BCUT2D eigenvalue weighted by atomic mass is 16.2. The fourth-order valence-electron chi connectivity index (χ4n) is 3.35. The van der Waals surface area contributed by atoms with Crippen LogP contribution in [-0.2, 0) is 10.3 Å². The van der Waals surface area contributed by atoms with Gasteiger partial charge in [0.25, 0.3) is 5.91 Å². The van der Waals surface area contributed by atoms with Gasteiger partial charge in [0, 0.05) is 12.7 Å². The van der Waals surface area contributed by atoms with Gasteiger partial charge in [-0.25, -0.2) is 4.98 Å². The topological polar surface area (TPSA) is 81.2 Å². The highest BCUT2D eigenvalue weighted by molar-refractivity contribution is 5.91. The molecule has 0 bridgehead atoms. The first-order valence-electron chi connectivity index (χ1n) is 8.04. The van der Waals surface area contributed by atoms with Gasteiger partial charge >= 0.3 is 0 Å². The summed E-state index contributed by atoms with van der Waals surface area (Å²) in [7, 11) is 0. The molecule has 1 aliphatic heterocycles. The predicted molar refractivity (Wildman–Crippen MR) is 89.0 cm³/mol. The number of amides is 2. The predicted octanol–water partition coefficient (Wildman–Crippen LogP) is 1.88. The molecule has 1 aliphatic rings. The maximum Gasteiger partial charge on any atom is 0.284 e. The second-order valence-electron chi connectivity index (χ2n) is 6.55. The molecule has 6 nitrogen and oxygen atoms in total. The van der Waals surface area contributed by atoms with Crippen molar-refractivity contribution >= 4 is 11.8 Å². The van der Waals surface area contributed by atoms with E-state index in [-0.39, 0.29) is 17.8 Å². The van der Waals surface area contributed by atoms with E-state index in [1.165, 1.54) is 10.8 Å². The first-order chi connectivity index (χ1) is 11.4. The Bertz CT molecular complexity index is 751. The lowest BCUT2D eigenvalue weighted by molar-refractivity contribution is -0.140. The molecule has 1 radical (unpaired) electrons. The Hall–Kier alpha value is -2.63. The summed E-state index contributed by atoms with van der Waals surface area (Å²) in [5.41, 5.74) is 5.53. The van der Waals surface area contributed by atoms with Crippen LogP contribution in [0.1, 0.15) is 48.9 Å². The van der Waals surface area contributed by atoms with E-state index in [1.54, 1.807) is 13.8 Å². The van der Waals surface area contributed by atoms with Crippen LogP contribution >= 0.6 is 0 Å². The SMILES string of the molecule is CC(C)(C(=O)N1CCCC1c1ccccc1)n1c[c]nc1C(N)=O. The molecule has 1 unspecified atom stereocenters. The number of rotatable bonds is 4. The third-order valence-electron chi connectivity index (χ3n) is 4.63. The van der Waals surface area contributed by atoms with Gasteiger partial charge in [0.2, 0.25) is 5.91 Å². The van der Waals surface area contributed by atoms with Crippen molar-refractivity contribution in [3.63, 3.8) is 0 Å². The van der Waals surface area contributed by atoms with Gasteiger partial charge in [0.15, 0.2) is 5.82 Å². The van der Waals surface area contributed by atoms with Gasteiger partial charge in [0.1, 0.15) is 11.7 Å². The molecule has 1 aromatic carbocycles. The molecule has 1 saturated heterocycles. The Labute approximate surface area is 141 Å². The molecule has 2 N–H and O–H groups in total. The van der Waals surface area contributed by atoms with Crippen molar-refractivity contribution < 1.29 is 9.59 Å². The molecule has 1 fully saturated rings. The Kier molecular flexibility index (Phi) is 4.13. The molecular weight excluding hydrogens is 304 g/mol. The molecule has 24 heavy (non-hydrogen) atoms. The average molecular weight is 325 g/mol. The number of hydrogen-bond acceptors (Lipinski definition) is 3. The minimum atomic E-state index is -0.964. The number of imidazole rings is 1. The lowest BCUT2D eigenvalue weighted by Crippen LogP contribution is -2.47. The first-order valence-corrected chi connectivity index (χ1v) is 8.04. The van der Waals surface area contributed by atoms with E-state index < -0.39 is 11.4 Å². The maximum absolute atomic E-state index is 13.2. The van der Waals surface area contributed by atoms with E-state index in [9.17, 15) is 9.59 Å². The number of likely N-dealkylation sites (tertiary alicyclic amines) is 1. The fraction of sp³-hybridized carbons (Fsp3) is 0.389. The summed E-state index contributed by atoms with van der Waals surface area (Å²) in [6, 6.07) is 10.1. The number of carbonyl (C=O) groups excluding carboxylic acids is 2. The van der Waals surface area contributed by atoms with Crippen LogP contribution in [0.3, 0.4) is 0 Å². The van der Waals surface area contributed by atoms with Crippen molar-refractivity contribution in [2.24, 2.45) is 5.73 Å². The minimum absolute atomic E-state index is 0.0452. The zero-order valence-corrected chi connectivity index (χ0v) is 13.9. The Morgan fingerprint density at radius 3 is 2.67 bits per heavy atom. The molecule has 3 rings (SSSR count). The molecule has 2 aromatic rings. The minimum Gasteiger partial charge on any atom is -0.363 e. The Balaban J connectivity index is 1.92. The van der Waals surface area contributed by atoms with E-state index >= 15 is 0 Å². The number of primary amides is 1. The summed E-state index contributed by atoms with van der Waals surface area (Å²) in [4.78, 5) is 30.5. The molecule has 0 aliphatic carbocycles. The number of hydrogen-bond donors (Lipinski definition) is 1. The largest absolute Gasteiger partial charge is 0.363 e. The molecule has 0 spiro atoms. The molecule has 1 aromatic heterocycles. The molecule has 2 heterocycles. The summed E-state index contributed by atoms with van der Waals surface area (Å²) in [6.45, 7) is 4.25. The quantitative estimate of drug-likeness (QED) is 0.932. The Morgan fingerprint density at radius 2 is 2.00 bits per heavy atom. The van der Waals surface area contributed by atoms with Crippen molar-refractivity contribution in [2.45, 2.75) is 38.3 Å². The van der Waals surface area contributed by atoms with Crippen molar-refractivity contribution in [2.75, 3.05) is 6.54 Å². The number of aromatic nitrogens is 2. The van der Waals surface area contributed by atoms with Crippen molar-refractivity contribution in [3.05, 3.63) is 54.1 Å². The van der Waals surface area contributed by atoms with E-state index in [1.807, 2.05) is 35.2 Å². The summed E-state index contributed by atoms with van der Waals surface area (Å²) in [5, 5.41) is 0. The van der Waals surface area contributed by atoms with Crippen molar-refractivity contribution in [1.29, 1.82) is 0 Å². The van der Waals surface area contributed by atoms with E-state index in [0.717, 1.165) is 18.4 Å². The summed E-state index contributed by atoms with van der Waals surface area (Å²) in [5.74, 6) is -0.676. The van der Waals surface area contributed by atoms with Crippen molar-refractivity contribution in [1.82, 2.24) is 14.5 Å². The number of carbonyl (C=O) groups is 2. The number of nitrogens with zero attached hydrogens (tertiary/aromatic N) is 3. The normalized spacial score (nSPS) is 17.9. The smallest absolute Gasteiger partial charge is 0.284 e. The highest BCUT2D eigenvalue weighted by Crippen LogP contribution is 2.35. The van der Waals surface area contributed by atoms with Crippen LogP contribution in [0.25, 0.3) is 0 Å². The van der Waals surface area contributed by atoms with Gasteiger partial charge in [-0.1, -0.05) is 30.3 Å². The molecule has 1 atom stereocenters. The van der Waals surface area contributed by atoms with Crippen molar-refractivity contribution in [3.8, 4) is 0 Å². The van der Waals surface area contributed by atoms with Gasteiger partial charge in [0.05, 0.1) is 6.04 Å². The lowest BCUT2D eigenvalue weighted by Gasteiger charge is -2.34. The standard InChI is InChI=1S/C18H21N4O2/c1-18(2,22-12-10-20-16(22)15(19)23)17(24)21-11-6-9-14(21)13-7-4-3-5-8-13/h3-5,7-8,12,14H,6,9,11H2,1-2H3,(H2,19,23). The van der Waals surface area contributed by atoms with E-state index in [0.29, 0.717) is 6.54 Å². The zero-order valence-electron chi connectivity index (χ0n) is 13.9. The second-order valence-corrected chi connectivity index (χ2v) is 6.55. The monoisotopic (exact) mass is 325 g/mol. The summed E-state index contributed by atoms with van der Waals surface area (Å²) >= 11 is 0. The summed E-state index contributed by atoms with van der Waals surface area (Å²) in [6.07, 6.45) is 6.01. The molecule has 6 heteroatoms. The van der Waals surface area contributed by atoms with Crippen LogP contribution in [0, 0.1) is 6.20 Å². The maximum atomic E-state index is 13.2. The molecule has 125 valence electrons. The molecular formula is C18H21N4O2. The second kappa shape index (κ2) is 6.11. The number of nitrogens with two attached hydrogens (primary N) is 1. The van der Waals surface area contributed by atoms with Gasteiger partial charge in [-0.05, 0) is 32.3 Å². The van der Waals surface area contributed by atoms with Gasteiger partial charge in [-0.2, -0.15) is 0 Å². The lowest BCUT2D eigenvalue weighted by atomic mass is 9.99. The van der Waals surface area contributed by atoms with Gasteiger partial charge < -0.3 is 15.2 Å². The van der Waals surface area contributed by atoms with E-state index in [4.69, 9.17) is 5.73 Å². The molecule has 2 amide bonds. The highest BCUT2D eigenvalue weighted by Gasteiger charge is 2.40. The third-order valence-corrected chi connectivity index (χ3v) is 4.63. The van der Waals surface area contributed by atoms with Crippen LogP contribution in [0.5, 0.6) is 0 Å². The summed E-state index contributed by atoms with van der Waals surface area (Å²) < 4.78 is 1.51. The van der Waals surface area contributed by atoms with Crippen LogP contribution < -0.4 is 5.73 Å². The van der Waals surface area contributed by atoms with Crippen LogP contribution in [-0.4, -0.2) is 32.8 Å². The van der Waals surface area contributed by atoms with Crippen LogP contribution in [0.15, 0.2) is 36.5 Å². The van der Waals surface area contributed by atoms with Gasteiger partial charge in [-0.15, -0.1) is 0 Å². The number of benzene rings is 1. The van der Waals surface area contributed by atoms with E-state index in [2.05, 4.69) is 11.2 Å². The molecule has 0 saturated carbocycles. The zero-order chi connectivity index (χ0) is 17.3. The van der Waals surface area contributed by atoms with Gasteiger partial charge in [-0.3, -0.25) is 9.59 Å². The Morgan fingerprint density at radius 1 is 1.29 bits per heavy atom. The third kappa shape index (κ3) is 2.68.